The van der Waals surface area contributed by atoms with Crippen molar-refractivity contribution in [1.82, 2.24) is 36.2 Å². The summed E-state index contributed by atoms with van der Waals surface area (Å²) in [7, 11) is 0. The molecule has 8 nitrogen and oxygen atoms in total. The van der Waals surface area contributed by atoms with E-state index >= 15 is 0 Å². The number of H-pyrrole nitrogens is 1. The van der Waals surface area contributed by atoms with Gasteiger partial charge in [-0.1, -0.05) is 5.21 Å². The molecule has 16 heavy (non-hydrogen) atoms. The second kappa shape index (κ2) is 5.52. The Balaban J connectivity index is 1.67. The van der Waals surface area contributed by atoms with Gasteiger partial charge in [0.1, 0.15) is 0 Å². The highest BCUT2D eigenvalue weighted by Gasteiger charge is 2.13. The van der Waals surface area contributed by atoms with Crippen molar-refractivity contribution in [2.75, 3.05) is 32.7 Å². The molecule has 2 heterocycles. The van der Waals surface area contributed by atoms with Gasteiger partial charge in [-0.3, -0.25) is 9.69 Å². The molecular weight excluding hydrogens is 210 g/mol. The van der Waals surface area contributed by atoms with E-state index in [0.717, 1.165) is 26.2 Å². The van der Waals surface area contributed by atoms with Crippen LogP contribution in [0.25, 0.3) is 0 Å². The van der Waals surface area contributed by atoms with Crippen molar-refractivity contribution in [3.63, 3.8) is 0 Å². The minimum Gasteiger partial charge on any atom is -0.348 e. The maximum absolute atomic E-state index is 11.5. The molecule has 1 fully saturated rings. The van der Waals surface area contributed by atoms with Crippen molar-refractivity contribution < 1.29 is 4.79 Å². The Bertz CT molecular complexity index is 319. The SMILES string of the molecule is O=C(CN1CCNCC1)NCc1nn[nH]n1. The second-order valence-corrected chi connectivity index (χ2v) is 3.63. The molecule has 2 rings (SSSR count). The molecule has 0 spiro atoms. The van der Waals surface area contributed by atoms with Crippen molar-refractivity contribution in [1.29, 1.82) is 0 Å². The van der Waals surface area contributed by atoms with Crippen LogP contribution < -0.4 is 10.6 Å². The average Bonchev–Trinajstić information content (AvgIpc) is 2.81. The molecule has 0 saturated carbocycles. The van der Waals surface area contributed by atoms with Crippen LogP contribution in [0, 0.1) is 0 Å². The third-order valence-electron chi connectivity index (χ3n) is 2.41. The number of carbonyl (C=O) groups excluding carboxylic acids is 1. The van der Waals surface area contributed by atoms with Crippen LogP contribution in [0.3, 0.4) is 0 Å². The summed E-state index contributed by atoms with van der Waals surface area (Å²) >= 11 is 0. The summed E-state index contributed by atoms with van der Waals surface area (Å²) in [6, 6.07) is 0. The van der Waals surface area contributed by atoms with Crippen molar-refractivity contribution in [3.8, 4) is 0 Å². The molecule has 0 aromatic carbocycles. The quantitative estimate of drug-likeness (QED) is 0.534. The smallest absolute Gasteiger partial charge is 0.234 e. The molecule has 1 saturated heterocycles. The lowest BCUT2D eigenvalue weighted by Gasteiger charge is -2.26. The molecule has 1 aromatic rings. The lowest BCUT2D eigenvalue weighted by atomic mass is 10.3. The molecule has 88 valence electrons. The zero-order valence-electron chi connectivity index (χ0n) is 8.94. The highest BCUT2D eigenvalue weighted by atomic mass is 16.2. The van der Waals surface area contributed by atoms with E-state index in [-0.39, 0.29) is 5.91 Å². The average molecular weight is 225 g/mol. The van der Waals surface area contributed by atoms with Gasteiger partial charge in [0.05, 0.1) is 13.1 Å². The van der Waals surface area contributed by atoms with Gasteiger partial charge in [-0.2, -0.15) is 5.21 Å². The van der Waals surface area contributed by atoms with Crippen LogP contribution in [0.15, 0.2) is 0 Å². The third-order valence-corrected chi connectivity index (χ3v) is 2.41. The van der Waals surface area contributed by atoms with Crippen LogP contribution in [0.4, 0.5) is 0 Å². The van der Waals surface area contributed by atoms with Gasteiger partial charge in [-0.05, 0) is 0 Å². The topological polar surface area (TPSA) is 98.8 Å². The van der Waals surface area contributed by atoms with E-state index in [1.165, 1.54) is 0 Å². The monoisotopic (exact) mass is 225 g/mol. The molecule has 0 bridgehead atoms. The Labute approximate surface area is 92.8 Å². The van der Waals surface area contributed by atoms with Gasteiger partial charge in [0.25, 0.3) is 0 Å². The highest BCUT2D eigenvalue weighted by molar-refractivity contribution is 5.77. The molecule has 1 aliphatic rings. The molecule has 0 unspecified atom stereocenters. The first kappa shape index (κ1) is 11.0. The van der Waals surface area contributed by atoms with Crippen molar-refractivity contribution in [2.45, 2.75) is 6.54 Å². The number of amides is 1. The Morgan fingerprint density at radius 2 is 2.25 bits per heavy atom. The van der Waals surface area contributed by atoms with Crippen LogP contribution in [-0.2, 0) is 11.3 Å². The number of hydrogen-bond donors (Lipinski definition) is 3. The fraction of sp³-hybridized carbons (Fsp3) is 0.750. The summed E-state index contributed by atoms with van der Waals surface area (Å²) in [4.78, 5) is 13.7. The van der Waals surface area contributed by atoms with Crippen LogP contribution in [0.2, 0.25) is 0 Å². The zero-order valence-corrected chi connectivity index (χ0v) is 8.94. The molecule has 0 radical (unpaired) electrons. The first-order chi connectivity index (χ1) is 7.84. The highest BCUT2D eigenvalue weighted by Crippen LogP contribution is 1.91. The number of rotatable bonds is 4. The number of nitrogens with zero attached hydrogens (tertiary/aromatic N) is 4. The molecule has 8 heteroatoms. The molecule has 1 amide bonds. The normalized spacial score (nSPS) is 17.2. The molecular formula is C8H15N7O. The van der Waals surface area contributed by atoms with Gasteiger partial charge in [-0.15, -0.1) is 10.2 Å². The number of hydrogen-bond acceptors (Lipinski definition) is 6. The van der Waals surface area contributed by atoms with Gasteiger partial charge in [0.15, 0.2) is 5.82 Å². The lowest BCUT2D eigenvalue weighted by Crippen LogP contribution is -2.47. The third kappa shape index (κ3) is 3.24. The molecule has 3 N–H and O–H groups in total. The van der Waals surface area contributed by atoms with Crippen molar-refractivity contribution in [2.24, 2.45) is 0 Å². The summed E-state index contributed by atoms with van der Waals surface area (Å²) in [5.41, 5.74) is 0. The van der Waals surface area contributed by atoms with Crippen LogP contribution in [0.1, 0.15) is 5.82 Å². The molecule has 1 aromatic heterocycles. The van der Waals surface area contributed by atoms with Crippen molar-refractivity contribution in [3.05, 3.63) is 5.82 Å². The van der Waals surface area contributed by atoms with Gasteiger partial charge < -0.3 is 10.6 Å². The van der Waals surface area contributed by atoms with Gasteiger partial charge >= 0.3 is 0 Å². The van der Waals surface area contributed by atoms with E-state index in [2.05, 4.69) is 36.2 Å². The van der Waals surface area contributed by atoms with E-state index < -0.39 is 0 Å². The van der Waals surface area contributed by atoms with Gasteiger partial charge in [0, 0.05) is 26.2 Å². The van der Waals surface area contributed by atoms with Crippen LogP contribution >= 0.6 is 0 Å². The Morgan fingerprint density at radius 1 is 1.44 bits per heavy atom. The minimum atomic E-state index is -0.00769. The Hall–Kier alpha value is -1.54. The largest absolute Gasteiger partial charge is 0.348 e. The van der Waals surface area contributed by atoms with E-state index in [9.17, 15) is 4.79 Å². The van der Waals surface area contributed by atoms with E-state index in [0.29, 0.717) is 18.9 Å². The Kier molecular flexibility index (Phi) is 3.78. The number of aromatic nitrogens is 4. The summed E-state index contributed by atoms with van der Waals surface area (Å²) in [5.74, 6) is 0.486. The lowest BCUT2D eigenvalue weighted by molar-refractivity contribution is -0.122. The van der Waals surface area contributed by atoms with Gasteiger partial charge in [-0.25, -0.2) is 0 Å². The zero-order chi connectivity index (χ0) is 11.2. The summed E-state index contributed by atoms with van der Waals surface area (Å²) in [6.07, 6.45) is 0. The molecule has 0 atom stereocenters. The predicted molar refractivity (Wildman–Crippen MR) is 55.3 cm³/mol. The number of aromatic amines is 1. The molecule has 0 aliphatic carbocycles. The van der Waals surface area contributed by atoms with E-state index in [1.54, 1.807) is 0 Å². The standard InChI is InChI=1S/C8H15N7O/c16-8(6-15-3-1-9-2-4-15)10-5-7-11-13-14-12-7/h9H,1-6H2,(H,10,16)(H,11,12,13,14). The first-order valence-electron chi connectivity index (χ1n) is 5.27. The van der Waals surface area contributed by atoms with Gasteiger partial charge in [0.2, 0.25) is 5.91 Å². The molecule has 1 aliphatic heterocycles. The fourth-order valence-corrected chi connectivity index (χ4v) is 1.56. The minimum absolute atomic E-state index is 0.00769. The first-order valence-corrected chi connectivity index (χ1v) is 5.27. The Morgan fingerprint density at radius 3 is 2.94 bits per heavy atom. The predicted octanol–water partition coefficient (Wildman–Crippen LogP) is -2.28. The number of carbonyl (C=O) groups is 1. The number of nitrogens with one attached hydrogen (secondary N) is 3. The summed E-state index contributed by atoms with van der Waals surface area (Å²) in [6.45, 7) is 4.46. The number of piperazine rings is 1. The summed E-state index contributed by atoms with van der Waals surface area (Å²) in [5, 5.41) is 19.2. The summed E-state index contributed by atoms with van der Waals surface area (Å²) < 4.78 is 0. The van der Waals surface area contributed by atoms with E-state index in [4.69, 9.17) is 0 Å². The van der Waals surface area contributed by atoms with E-state index in [1.807, 2.05) is 0 Å². The van der Waals surface area contributed by atoms with Crippen molar-refractivity contribution >= 4 is 5.91 Å². The van der Waals surface area contributed by atoms with Crippen LogP contribution in [0.5, 0.6) is 0 Å². The maximum atomic E-state index is 11.5. The number of tetrazole rings is 1. The second-order valence-electron chi connectivity index (χ2n) is 3.63. The fourth-order valence-electron chi connectivity index (χ4n) is 1.56. The maximum Gasteiger partial charge on any atom is 0.234 e. The van der Waals surface area contributed by atoms with Crippen LogP contribution in [-0.4, -0.2) is 64.2 Å².